The summed E-state index contributed by atoms with van der Waals surface area (Å²) in [6, 6.07) is 8.41. The number of alkyl carbamates (subject to hydrolysis) is 1. The molecule has 2 N–H and O–H groups in total. The third-order valence-corrected chi connectivity index (χ3v) is 2.60. The Balaban J connectivity index is 2.60. The van der Waals surface area contributed by atoms with Crippen LogP contribution in [0.2, 0.25) is 0 Å². The molecule has 1 rings (SSSR count). The standard InChI is InChI=1S/C14H19NO4/c1-2-3-9-19-14(18)15-12(10-13(16)17)11-7-5-4-6-8-11/h4-8,12H,2-3,9-10H2,1H3,(H,15,18)(H,16,17)/t12-/m1/s1. The van der Waals surface area contributed by atoms with E-state index in [-0.39, 0.29) is 6.42 Å². The lowest BCUT2D eigenvalue weighted by atomic mass is 10.0. The lowest BCUT2D eigenvalue weighted by molar-refractivity contribution is -0.137. The molecule has 0 saturated heterocycles. The number of carbonyl (C=O) groups excluding carboxylic acids is 1. The van der Waals surface area contributed by atoms with Crippen LogP contribution in [-0.4, -0.2) is 23.8 Å². The van der Waals surface area contributed by atoms with E-state index in [4.69, 9.17) is 9.84 Å². The van der Waals surface area contributed by atoms with E-state index >= 15 is 0 Å². The average molecular weight is 265 g/mol. The molecule has 0 radical (unpaired) electrons. The van der Waals surface area contributed by atoms with Crippen molar-refractivity contribution in [3.8, 4) is 0 Å². The minimum atomic E-state index is -0.970. The number of unbranched alkanes of at least 4 members (excludes halogenated alkanes) is 1. The number of ether oxygens (including phenoxy) is 1. The van der Waals surface area contributed by atoms with Crippen LogP contribution in [0.1, 0.15) is 37.8 Å². The smallest absolute Gasteiger partial charge is 0.407 e. The Kier molecular flexibility index (Phi) is 6.43. The average Bonchev–Trinajstić information content (AvgIpc) is 2.39. The number of nitrogens with one attached hydrogen (secondary N) is 1. The maximum absolute atomic E-state index is 11.6. The SMILES string of the molecule is CCCCOC(=O)N[C@H](CC(=O)O)c1ccccc1. The second-order valence-electron chi connectivity index (χ2n) is 4.19. The molecule has 104 valence electrons. The summed E-state index contributed by atoms with van der Waals surface area (Å²) < 4.78 is 4.97. The molecule has 0 aromatic heterocycles. The van der Waals surface area contributed by atoms with Gasteiger partial charge in [-0.15, -0.1) is 0 Å². The van der Waals surface area contributed by atoms with Crippen LogP contribution in [0, 0.1) is 0 Å². The number of carbonyl (C=O) groups is 2. The molecule has 0 aliphatic heterocycles. The highest BCUT2D eigenvalue weighted by Crippen LogP contribution is 2.16. The minimum Gasteiger partial charge on any atom is -0.481 e. The molecule has 1 amide bonds. The highest BCUT2D eigenvalue weighted by molar-refractivity contribution is 5.71. The topological polar surface area (TPSA) is 75.6 Å². The summed E-state index contributed by atoms with van der Waals surface area (Å²) in [5, 5.41) is 11.5. The fourth-order valence-corrected chi connectivity index (χ4v) is 1.61. The molecule has 0 heterocycles. The van der Waals surface area contributed by atoms with Gasteiger partial charge in [-0.1, -0.05) is 43.7 Å². The molecule has 0 aliphatic rings. The van der Waals surface area contributed by atoms with E-state index in [2.05, 4.69) is 5.32 Å². The van der Waals surface area contributed by atoms with Crippen LogP contribution >= 0.6 is 0 Å². The summed E-state index contributed by atoms with van der Waals surface area (Å²) in [5.41, 5.74) is 0.748. The van der Waals surface area contributed by atoms with Crippen molar-refractivity contribution in [3.05, 3.63) is 35.9 Å². The second kappa shape index (κ2) is 8.13. The van der Waals surface area contributed by atoms with Gasteiger partial charge in [0.25, 0.3) is 0 Å². The quantitative estimate of drug-likeness (QED) is 0.743. The van der Waals surface area contributed by atoms with Gasteiger partial charge in [-0.3, -0.25) is 4.79 Å². The predicted molar refractivity (Wildman–Crippen MR) is 70.8 cm³/mol. The van der Waals surface area contributed by atoms with E-state index in [1.54, 1.807) is 24.3 Å². The van der Waals surface area contributed by atoms with Gasteiger partial charge in [0, 0.05) is 0 Å². The van der Waals surface area contributed by atoms with Crippen LogP contribution in [0.4, 0.5) is 4.79 Å². The summed E-state index contributed by atoms with van der Waals surface area (Å²) in [7, 11) is 0. The van der Waals surface area contributed by atoms with Gasteiger partial charge >= 0.3 is 12.1 Å². The van der Waals surface area contributed by atoms with Crippen LogP contribution in [-0.2, 0) is 9.53 Å². The van der Waals surface area contributed by atoms with Crippen LogP contribution < -0.4 is 5.32 Å². The summed E-state index contributed by atoms with van der Waals surface area (Å²) >= 11 is 0. The molecule has 0 aliphatic carbocycles. The molecule has 1 aromatic carbocycles. The molecular weight excluding hydrogens is 246 g/mol. The molecule has 19 heavy (non-hydrogen) atoms. The number of rotatable bonds is 7. The number of amides is 1. The Morgan fingerprint density at radius 2 is 2.00 bits per heavy atom. The molecule has 0 unspecified atom stereocenters. The second-order valence-corrected chi connectivity index (χ2v) is 4.19. The van der Waals surface area contributed by atoms with Gasteiger partial charge in [0.1, 0.15) is 0 Å². The van der Waals surface area contributed by atoms with E-state index in [9.17, 15) is 9.59 Å². The molecule has 0 fully saturated rings. The third kappa shape index (κ3) is 5.90. The summed E-state index contributed by atoms with van der Waals surface area (Å²) in [4.78, 5) is 22.4. The number of carboxylic acids is 1. The number of hydrogen-bond acceptors (Lipinski definition) is 3. The first-order valence-electron chi connectivity index (χ1n) is 6.33. The van der Waals surface area contributed by atoms with Crippen LogP contribution in [0.5, 0.6) is 0 Å². The van der Waals surface area contributed by atoms with E-state index < -0.39 is 18.1 Å². The maximum Gasteiger partial charge on any atom is 0.407 e. The van der Waals surface area contributed by atoms with Crippen LogP contribution in [0.3, 0.4) is 0 Å². The van der Waals surface area contributed by atoms with Crippen molar-refractivity contribution in [1.82, 2.24) is 5.32 Å². The van der Waals surface area contributed by atoms with Crippen molar-refractivity contribution < 1.29 is 19.4 Å². The van der Waals surface area contributed by atoms with Crippen LogP contribution in [0.25, 0.3) is 0 Å². The lowest BCUT2D eigenvalue weighted by Gasteiger charge is -2.17. The highest BCUT2D eigenvalue weighted by atomic mass is 16.5. The Bertz CT molecular complexity index is 405. The molecule has 1 aromatic rings. The molecule has 0 bridgehead atoms. The zero-order valence-electron chi connectivity index (χ0n) is 11.0. The summed E-state index contributed by atoms with van der Waals surface area (Å²) in [6.45, 7) is 2.34. The van der Waals surface area contributed by atoms with Gasteiger partial charge in [-0.05, 0) is 12.0 Å². The van der Waals surface area contributed by atoms with Crippen molar-refractivity contribution in [3.63, 3.8) is 0 Å². The predicted octanol–water partition coefficient (Wildman–Crippen LogP) is 2.73. The van der Waals surface area contributed by atoms with E-state index in [1.807, 2.05) is 13.0 Å². The zero-order chi connectivity index (χ0) is 14.1. The Morgan fingerprint density at radius 3 is 2.58 bits per heavy atom. The fraction of sp³-hybridized carbons (Fsp3) is 0.429. The largest absolute Gasteiger partial charge is 0.481 e. The van der Waals surface area contributed by atoms with E-state index in [0.29, 0.717) is 6.61 Å². The van der Waals surface area contributed by atoms with Crippen molar-refractivity contribution >= 4 is 12.1 Å². The summed E-state index contributed by atoms with van der Waals surface area (Å²) in [6.07, 6.45) is 0.975. The monoisotopic (exact) mass is 265 g/mol. The number of aliphatic carboxylic acids is 1. The zero-order valence-corrected chi connectivity index (χ0v) is 11.0. The Hall–Kier alpha value is -2.04. The van der Waals surface area contributed by atoms with Crippen molar-refractivity contribution in [2.24, 2.45) is 0 Å². The van der Waals surface area contributed by atoms with Gasteiger partial charge < -0.3 is 15.2 Å². The lowest BCUT2D eigenvalue weighted by Crippen LogP contribution is -2.30. The first-order valence-corrected chi connectivity index (χ1v) is 6.33. The first kappa shape index (κ1) is 15.0. The van der Waals surface area contributed by atoms with Crippen LogP contribution in [0.15, 0.2) is 30.3 Å². The maximum atomic E-state index is 11.6. The van der Waals surface area contributed by atoms with Gasteiger partial charge in [-0.25, -0.2) is 4.79 Å². The van der Waals surface area contributed by atoms with Crippen molar-refractivity contribution in [2.75, 3.05) is 6.61 Å². The Labute approximate surface area is 112 Å². The highest BCUT2D eigenvalue weighted by Gasteiger charge is 2.18. The number of hydrogen-bond donors (Lipinski definition) is 2. The Morgan fingerprint density at radius 1 is 1.32 bits per heavy atom. The molecule has 5 heteroatoms. The van der Waals surface area contributed by atoms with Crippen molar-refractivity contribution in [2.45, 2.75) is 32.2 Å². The van der Waals surface area contributed by atoms with Gasteiger partial charge in [0.15, 0.2) is 0 Å². The molecule has 0 saturated carbocycles. The molecule has 1 atom stereocenters. The van der Waals surface area contributed by atoms with Gasteiger partial charge in [0.2, 0.25) is 0 Å². The molecule has 0 spiro atoms. The number of benzene rings is 1. The van der Waals surface area contributed by atoms with E-state index in [1.165, 1.54) is 0 Å². The molecular formula is C14H19NO4. The molecule has 5 nitrogen and oxygen atoms in total. The summed E-state index contributed by atoms with van der Waals surface area (Å²) in [5.74, 6) is -0.970. The number of carboxylic acid groups (broad SMARTS) is 1. The fourth-order valence-electron chi connectivity index (χ4n) is 1.61. The minimum absolute atomic E-state index is 0.174. The third-order valence-electron chi connectivity index (χ3n) is 2.60. The van der Waals surface area contributed by atoms with Crippen molar-refractivity contribution in [1.29, 1.82) is 0 Å². The van der Waals surface area contributed by atoms with Gasteiger partial charge in [-0.2, -0.15) is 0 Å². The normalized spacial score (nSPS) is 11.6. The first-order chi connectivity index (χ1) is 9.13. The van der Waals surface area contributed by atoms with E-state index in [0.717, 1.165) is 18.4 Å². The van der Waals surface area contributed by atoms with Gasteiger partial charge in [0.05, 0.1) is 19.1 Å².